The van der Waals surface area contributed by atoms with Crippen LogP contribution < -0.4 is 14.4 Å². The van der Waals surface area contributed by atoms with E-state index in [1.165, 1.54) is 0 Å². The molecule has 1 heterocycles. The number of hydrogen-bond donors (Lipinski definition) is 0. The van der Waals surface area contributed by atoms with E-state index in [1.807, 2.05) is 0 Å². The summed E-state index contributed by atoms with van der Waals surface area (Å²) in [5.74, 6) is 0.359. The summed E-state index contributed by atoms with van der Waals surface area (Å²) in [5.41, 5.74) is -0.255. The molecule has 1 aromatic carbocycles. The molecule has 2 aromatic rings. The van der Waals surface area contributed by atoms with Gasteiger partial charge in [-0.2, -0.15) is 18.2 Å². The molecule has 0 amide bonds. The lowest BCUT2D eigenvalue weighted by atomic mass is 10.2. The molecule has 0 bridgehead atoms. The molecule has 0 unspecified atom stereocenters. The smallest absolute Gasteiger partial charge is 0.423 e. The van der Waals surface area contributed by atoms with Crippen molar-refractivity contribution in [3.63, 3.8) is 0 Å². The quantitative estimate of drug-likeness (QED) is 0.555. The number of rotatable bonds is 9. The van der Waals surface area contributed by atoms with E-state index in [9.17, 15) is 13.2 Å². The third-order valence-corrected chi connectivity index (χ3v) is 4.04. The maximum atomic E-state index is 13.2. The fraction of sp³-hybridized carbons (Fsp3) is 0.474. The fourth-order valence-electron chi connectivity index (χ4n) is 2.44. The average Bonchev–Trinajstić information content (AvgIpc) is 2.66. The highest BCUT2D eigenvalue weighted by molar-refractivity contribution is 5.58. The minimum absolute atomic E-state index is 0.122. The highest BCUT2D eigenvalue weighted by atomic mass is 19.4. The molecule has 0 saturated carbocycles. The minimum Gasteiger partial charge on any atom is -0.497 e. The molecule has 0 spiro atoms. The van der Waals surface area contributed by atoms with Crippen LogP contribution in [0.3, 0.4) is 0 Å². The normalized spacial score (nSPS) is 11.3. The summed E-state index contributed by atoms with van der Waals surface area (Å²) in [5, 5.41) is 0. The summed E-state index contributed by atoms with van der Waals surface area (Å²) in [7, 11) is 3.23. The predicted octanol–water partition coefficient (Wildman–Crippen LogP) is 5.23. The van der Waals surface area contributed by atoms with Gasteiger partial charge in [-0.15, -0.1) is 0 Å². The van der Waals surface area contributed by atoms with Gasteiger partial charge < -0.3 is 14.4 Å². The Hall–Kier alpha value is -2.51. The predicted molar refractivity (Wildman–Crippen MR) is 97.7 cm³/mol. The Morgan fingerprint density at radius 1 is 1.07 bits per heavy atom. The zero-order valence-electron chi connectivity index (χ0n) is 15.7. The highest BCUT2D eigenvalue weighted by Gasteiger charge is 2.36. The molecular weight excluding hydrogens is 359 g/mol. The lowest BCUT2D eigenvalue weighted by Crippen LogP contribution is -2.17. The van der Waals surface area contributed by atoms with E-state index in [4.69, 9.17) is 9.47 Å². The van der Waals surface area contributed by atoms with Gasteiger partial charge in [0.15, 0.2) is 0 Å². The Morgan fingerprint density at radius 3 is 2.37 bits per heavy atom. The summed E-state index contributed by atoms with van der Waals surface area (Å²) < 4.78 is 50.1. The SMILES string of the molecule is CCCCCCOc1nc(N(C)c2ccc(OC)cc2)ncc1C(F)(F)F. The van der Waals surface area contributed by atoms with Crippen molar-refractivity contribution in [1.82, 2.24) is 9.97 Å². The number of benzene rings is 1. The molecule has 8 heteroatoms. The molecule has 0 aliphatic heterocycles. The van der Waals surface area contributed by atoms with Crippen molar-refractivity contribution in [1.29, 1.82) is 0 Å². The zero-order valence-corrected chi connectivity index (χ0v) is 15.7. The molecule has 27 heavy (non-hydrogen) atoms. The molecule has 0 saturated heterocycles. The number of hydrogen-bond acceptors (Lipinski definition) is 5. The molecule has 1 aromatic heterocycles. The van der Waals surface area contributed by atoms with Crippen molar-refractivity contribution in [2.45, 2.75) is 38.8 Å². The van der Waals surface area contributed by atoms with Gasteiger partial charge in [0, 0.05) is 18.9 Å². The van der Waals surface area contributed by atoms with Crippen LogP contribution in [0.15, 0.2) is 30.5 Å². The summed E-state index contributed by atoms with van der Waals surface area (Å²) in [6.07, 6.45) is -0.164. The van der Waals surface area contributed by atoms with Gasteiger partial charge in [-0.3, -0.25) is 0 Å². The Morgan fingerprint density at radius 2 is 1.78 bits per heavy atom. The summed E-state index contributed by atoms with van der Waals surface area (Å²) in [4.78, 5) is 9.47. The third-order valence-electron chi connectivity index (χ3n) is 4.04. The van der Waals surface area contributed by atoms with Gasteiger partial charge in [-0.1, -0.05) is 26.2 Å². The van der Waals surface area contributed by atoms with Gasteiger partial charge in [0.2, 0.25) is 11.8 Å². The minimum atomic E-state index is -4.57. The van der Waals surface area contributed by atoms with Crippen LogP contribution >= 0.6 is 0 Å². The number of unbranched alkanes of at least 4 members (excludes halogenated alkanes) is 3. The first kappa shape index (κ1) is 20.8. The van der Waals surface area contributed by atoms with E-state index < -0.39 is 17.6 Å². The van der Waals surface area contributed by atoms with E-state index in [2.05, 4.69) is 16.9 Å². The van der Waals surface area contributed by atoms with Gasteiger partial charge in [-0.05, 0) is 30.7 Å². The molecule has 0 fully saturated rings. The summed E-state index contributed by atoms with van der Waals surface area (Å²) in [6.45, 7) is 2.25. The molecule has 0 aliphatic rings. The maximum Gasteiger partial charge on any atom is 0.423 e. The largest absolute Gasteiger partial charge is 0.497 e. The van der Waals surface area contributed by atoms with Gasteiger partial charge in [0.1, 0.15) is 11.3 Å². The van der Waals surface area contributed by atoms with Gasteiger partial charge in [-0.25, -0.2) is 4.98 Å². The second kappa shape index (κ2) is 9.43. The average molecular weight is 383 g/mol. The maximum absolute atomic E-state index is 13.2. The Labute approximate surface area is 157 Å². The third kappa shape index (κ3) is 5.74. The lowest BCUT2D eigenvalue weighted by Gasteiger charge is -2.20. The molecule has 2 rings (SSSR count). The van der Waals surface area contributed by atoms with Crippen LogP contribution in [0.2, 0.25) is 0 Å². The van der Waals surface area contributed by atoms with Crippen molar-refractivity contribution < 1.29 is 22.6 Å². The topological polar surface area (TPSA) is 47.5 Å². The number of halogens is 3. The second-order valence-electron chi connectivity index (χ2n) is 6.05. The van der Waals surface area contributed by atoms with Crippen LogP contribution in [0, 0.1) is 0 Å². The van der Waals surface area contributed by atoms with Gasteiger partial charge in [0.05, 0.1) is 13.7 Å². The Balaban J connectivity index is 2.22. The van der Waals surface area contributed by atoms with Crippen molar-refractivity contribution in [3.8, 4) is 11.6 Å². The van der Waals surface area contributed by atoms with E-state index in [1.54, 1.807) is 43.3 Å². The van der Waals surface area contributed by atoms with Gasteiger partial charge in [0.25, 0.3) is 0 Å². The van der Waals surface area contributed by atoms with E-state index in [-0.39, 0.29) is 12.6 Å². The van der Waals surface area contributed by atoms with Crippen LogP contribution in [-0.2, 0) is 6.18 Å². The first-order chi connectivity index (χ1) is 12.9. The highest BCUT2D eigenvalue weighted by Crippen LogP contribution is 2.36. The fourth-order valence-corrected chi connectivity index (χ4v) is 2.44. The van der Waals surface area contributed by atoms with Gasteiger partial charge >= 0.3 is 6.18 Å². The van der Waals surface area contributed by atoms with Crippen LogP contribution in [-0.4, -0.2) is 30.7 Å². The summed E-state index contributed by atoms with van der Waals surface area (Å²) >= 11 is 0. The standard InChI is InChI=1S/C19H24F3N3O2/c1-4-5-6-7-12-27-17-16(19(20,21)22)13-23-18(24-17)25(2)14-8-10-15(26-3)11-9-14/h8-11,13H,4-7,12H2,1-3H3. The number of nitrogens with zero attached hydrogens (tertiary/aromatic N) is 3. The van der Waals surface area contributed by atoms with E-state index in [0.29, 0.717) is 17.9 Å². The lowest BCUT2D eigenvalue weighted by molar-refractivity contribution is -0.139. The van der Waals surface area contributed by atoms with Crippen molar-refractivity contribution >= 4 is 11.6 Å². The summed E-state index contributed by atoms with van der Waals surface area (Å²) in [6, 6.07) is 7.04. The first-order valence-electron chi connectivity index (χ1n) is 8.81. The van der Waals surface area contributed by atoms with Crippen LogP contribution in [0.4, 0.5) is 24.8 Å². The number of alkyl halides is 3. The van der Waals surface area contributed by atoms with Crippen molar-refractivity contribution in [2.75, 3.05) is 25.7 Å². The van der Waals surface area contributed by atoms with E-state index >= 15 is 0 Å². The second-order valence-corrected chi connectivity index (χ2v) is 6.05. The van der Waals surface area contributed by atoms with E-state index in [0.717, 1.165) is 25.5 Å². The first-order valence-corrected chi connectivity index (χ1v) is 8.81. The molecule has 0 N–H and O–H groups in total. The number of methoxy groups -OCH3 is 1. The molecular formula is C19H24F3N3O2. The number of anilines is 2. The Bertz CT molecular complexity index is 721. The van der Waals surface area contributed by atoms with Crippen LogP contribution in [0.5, 0.6) is 11.6 Å². The molecule has 0 aliphatic carbocycles. The number of aromatic nitrogens is 2. The molecule has 0 radical (unpaired) electrons. The number of ether oxygens (including phenoxy) is 2. The monoisotopic (exact) mass is 383 g/mol. The zero-order chi connectivity index (χ0) is 19.9. The van der Waals surface area contributed by atoms with Crippen LogP contribution in [0.1, 0.15) is 38.2 Å². The van der Waals surface area contributed by atoms with Crippen LogP contribution in [0.25, 0.3) is 0 Å². The van der Waals surface area contributed by atoms with Crippen molar-refractivity contribution in [2.24, 2.45) is 0 Å². The molecule has 5 nitrogen and oxygen atoms in total. The Kier molecular flexibility index (Phi) is 7.27. The van der Waals surface area contributed by atoms with Crippen molar-refractivity contribution in [3.05, 3.63) is 36.0 Å². The molecule has 148 valence electrons. The molecule has 0 atom stereocenters.